The molecule has 2 saturated heterocycles. The Morgan fingerprint density at radius 2 is 1.83 bits per heavy atom. The van der Waals surface area contributed by atoms with Gasteiger partial charge in [0.05, 0.1) is 4.87 Å². The van der Waals surface area contributed by atoms with Crippen molar-refractivity contribution in [3.63, 3.8) is 0 Å². The number of hydrogen-bond acceptors (Lipinski definition) is 3. The third-order valence-corrected chi connectivity index (χ3v) is 6.96. The van der Waals surface area contributed by atoms with E-state index in [4.69, 9.17) is 0 Å². The van der Waals surface area contributed by atoms with Gasteiger partial charge in [0.25, 0.3) is 5.91 Å². The number of piperidine rings is 1. The van der Waals surface area contributed by atoms with Gasteiger partial charge in [-0.2, -0.15) is 0 Å². The number of rotatable bonds is 3. The van der Waals surface area contributed by atoms with Crippen molar-refractivity contribution in [1.82, 2.24) is 9.80 Å². The third-order valence-electron chi connectivity index (χ3n) is 4.88. The first-order valence-electron chi connectivity index (χ1n) is 8.55. The van der Waals surface area contributed by atoms with E-state index in [1.54, 1.807) is 0 Å². The molecule has 4 nitrogen and oxygen atoms in total. The summed E-state index contributed by atoms with van der Waals surface area (Å²) in [7, 11) is 0. The predicted molar refractivity (Wildman–Crippen MR) is 101 cm³/mol. The lowest BCUT2D eigenvalue weighted by Gasteiger charge is -2.44. The molecule has 2 fully saturated rings. The molecule has 0 radical (unpaired) electrons. The summed E-state index contributed by atoms with van der Waals surface area (Å²) in [5, 5.41) is 0. The molecule has 1 spiro atoms. The topological polar surface area (TPSA) is 40.6 Å². The summed E-state index contributed by atoms with van der Waals surface area (Å²) in [6, 6.07) is 7.58. The fraction of sp³-hybridized carbons (Fsp3) is 0.556. The monoisotopic (exact) mass is 410 g/mol. The summed E-state index contributed by atoms with van der Waals surface area (Å²) in [6.45, 7) is 4.35. The van der Waals surface area contributed by atoms with Gasteiger partial charge in [-0.25, -0.2) is 0 Å². The van der Waals surface area contributed by atoms with E-state index in [1.165, 1.54) is 0 Å². The maximum absolute atomic E-state index is 13.0. The van der Waals surface area contributed by atoms with Crippen LogP contribution in [0.25, 0.3) is 0 Å². The molecule has 0 saturated carbocycles. The molecule has 2 heterocycles. The summed E-state index contributed by atoms with van der Waals surface area (Å²) in [5.41, 5.74) is 0.740. The Balaban J connectivity index is 1.70. The number of likely N-dealkylation sites (tertiary alicyclic amines) is 1. The quantitative estimate of drug-likeness (QED) is 0.761. The maximum atomic E-state index is 13.0. The molecule has 0 aromatic heterocycles. The van der Waals surface area contributed by atoms with Crippen molar-refractivity contribution in [1.29, 1.82) is 0 Å². The highest BCUT2D eigenvalue weighted by molar-refractivity contribution is 9.10. The first-order chi connectivity index (χ1) is 11.6. The van der Waals surface area contributed by atoms with Gasteiger partial charge < -0.3 is 9.80 Å². The molecule has 24 heavy (non-hydrogen) atoms. The van der Waals surface area contributed by atoms with Gasteiger partial charge in [-0.05, 0) is 43.5 Å². The summed E-state index contributed by atoms with van der Waals surface area (Å²) < 4.78 is 0.979. The van der Waals surface area contributed by atoms with Gasteiger partial charge in [0.15, 0.2) is 0 Å². The largest absolute Gasteiger partial charge is 0.342 e. The Labute approximate surface area is 156 Å². The smallest absolute Gasteiger partial charge is 0.254 e. The van der Waals surface area contributed by atoms with E-state index in [1.807, 2.05) is 52.8 Å². The first kappa shape index (κ1) is 17.8. The minimum absolute atomic E-state index is 0.112. The first-order valence-corrected chi connectivity index (χ1v) is 10.3. The molecule has 0 atom stereocenters. The van der Waals surface area contributed by atoms with E-state index in [9.17, 15) is 9.59 Å². The number of benzene rings is 1. The van der Waals surface area contributed by atoms with Crippen molar-refractivity contribution in [3.8, 4) is 0 Å². The van der Waals surface area contributed by atoms with Crippen molar-refractivity contribution in [2.45, 2.75) is 37.5 Å². The SMILES string of the molecule is CCCC(=O)N1CCC2(CC1)SCCN2C(=O)c1ccc(Br)cc1. The van der Waals surface area contributed by atoms with Gasteiger partial charge in [0, 0.05) is 41.8 Å². The number of nitrogens with zero attached hydrogens (tertiary/aromatic N) is 2. The number of carbonyl (C=O) groups is 2. The van der Waals surface area contributed by atoms with Crippen LogP contribution < -0.4 is 0 Å². The number of thioether (sulfide) groups is 1. The van der Waals surface area contributed by atoms with Crippen LogP contribution in [0.4, 0.5) is 0 Å². The van der Waals surface area contributed by atoms with Crippen molar-refractivity contribution >= 4 is 39.5 Å². The minimum atomic E-state index is -0.132. The molecule has 0 unspecified atom stereocenters. The zero-order chi connectivity index (χ0) is 17.2. The summed E-state index contributed by atoms with van der Waals surface area (Å²) in [4.78, 5) is 29.0. The lowest BCUT2D eigenvalue weighted by molar-refractivity contribution is -0.132. The zero-order valence-electron chi connectivity index (χ0n) is 14.0. The molecule has 0 N–H and O–H groups in total. The molecule has 130 valence electrons. The predicted octanol–water partition coefficient (Wildman–Crippen LogP) is 3.76. The molecule has 0 bridgehead atoms. The van der Waals surface area contributed by atoms with Gasteiger partial charge >= 0.3 is 0 Å². The molecule has 1 aromatic carbocycles. The Hall–Kier alpha value is -1.01. The fourth-order valence-corrected chi connectivity index (χ4v) is 5.25. The molecule has 3 rings (SSSR count). The number of hydrogen-bond donors (Lipinski definition) is 0. The minimum Gasteiger partial charge on any atom is -0.342 e. The van der Waals surface area contributed by atoms with Crippen molar-refractivity contribution < 1.29 is 9.59 Å². The van der Waals surface area contributed by atoms with Gasteiger partial charge in [-0.1, -0.05) is 22.9 Å². The zero-order valence-corrected chi connectivity index (χ0v) is 16.4. The van der Waals surface area contributed by atoms with Gasteiger partial charge in [-0.3, -0.25) is 9.59 Å². The lowest BCUT2D eigenvalue weighted by atomic mass is 10.0. The van der Waals surface area contributed by atoms with Crippen LogP contribution in [-0.2, 0) is 4.79 Å². The van der Waals surface area contributed by atoms with E-state index in [0.717, 1.165) is 54.7 Å². The summed E-state index contributed by atoms with van der Waals surface area (Å²) in [5.74, 6) is 1.34. The Bertz CT molecular complexity index is 612. The number of carbonyl (C=O) groups excluding carboxylic acids is 2. The van der Waals surface area contributed by atoms with Crippen LogP contribution in [0.15, 0.2) is 28.7 Å². The molecule has 1 aromatic rings. The average Bonchev–Trinajstić information content (AvgIpc) is 2.99. The van der Waals surface area contributed by atoms with Crippen molar-refractivity contribution in [2.75, 3.05) is 25.4 Å². The molecule has 6 heteroatoms. The summed E-state index contributed by atoms with van der Waals surface area (Å²) >= 11 is 5.30. The van der Waals surface area contributed by atoms with Crippen LogP contribution in [0.3, 0.4) is 0 Å². The van der Waals surface area contributed by atoms with E-state index in [-0.39, 0.29) is 16.7 Å². The molecule has 2 aliphatic heterocycles. The lowest BCUT2D eigenvalue weighted by Crippen LogP contribution is -2.53. The Kier molecular flexibility index (Phi) is 5.55. The second-order valence-electron chi connectivity index (χ2n) is 6.39. The number of halogens is 1. The van der Waals surface area contributed by atoms with Crippen molar-refractivity contribution in [2.24, 2.45) is 0 Å². The standard InChI is InChI=1S/C18H23BrN2O2S/c1-2-3-16(22)20-10-8-18(9-11-20)21(12-13-24-18)17(23)14-4-6-15(19)7-5-14/h4-7H,2-3,8-13H2,1H3. The van der Waals surface area contributed by atoms with E-state index in [2.05, 4.69) is 15.9 Å². The van der Waals surface area contributed by atoms with Crippen LogP contribution in [0, 0.1) is 0 Å². The second kappa shape index (κ2) is 7.48. The highest BCUT2D eigenvalue weighted by Gasteiger charge is 2.46. The van der Waals surface area contributed by atoms with Crippen LogP contribution in [0.5, 0.6) is 0 Å². The van der Waals surface area contributed by atoms with E-state index < -0.39 is 0 Å². The van der Waals surface area contributed by atoms with Crippen LogP contribution in [0.2, 0.25) is 0 Å². The normalized spacial score (nSPS) is 19.8. The second-order valence-corrected chi connectivity index (χ2v) is 8.76. The Morgan fingerprint density at radius 1 is 1.17 bits per heavy atom. The van der Waals surface area contributed by atoms with Gasteiger partial charge in [0.1, 0.15) is 0 Å². The summed E-state index contributed by atoms with van der Waals surface area (Å²) in [6.07, 6.45) is 3.26. The van der Waals surface area contributed by atoms with Crippen LogP contribution in [-0.4, -0.2) is 51.9 Å². The highest BCUT2D eigenvalue weighted by atomic mass is 79.9. The highest BCUT2D eigenvalue weighted by Crippen LogP contribution is 2.44. The maximum Gasteiger partial charge on any atom is 0.254 e. The molecular formula is C18H23BrN2O2S. The molecular weight excluding hydrogens is 388 g/mol. The molecule has 2 amide bonds. The fourth-order valence-electron chi connectivity index (χ4n) is 3.54. The Morgan fingerprint density at radius 3 is 2.46 bits per heavy atom. The third kappa shape index (κ3) is 3.49. The van der Waals surface area contributed by atoms with E-state index >= 15 is 0 Å². The molecule has 0 aliphatic carbocycles. The van der Waals surface area contributed by atoms with Gasteiger partial charge in [0.2, 0.25) is 5.91 Å². The van der Waals surface area contributed by atoms with Crippen molar-refractivity contribution in [3.05, 3.63) is 34.3 Å². The average molecular weight is 411 g/mol. The van der Waals surface area contributed by atoms with Crippen LogP contribution in [0.1, 0.15) is 43.0 Å². The number of amides is 2. The van der Waals surface area contributed by atoms with Crippen LogP contribution >= 0.6 is 27.7 Å². The molecule has 2 aliphatic rings. The van der Waals surface area contributed by atoms with E-state index in [0.29, 0.717) is 6.42 Å². The van der Waals surface area contributed by atoms with Gasteiger partial charge in [-0.15, -0.1) is 11.8 Å².